The summed E-state index contributed by atoms with van der Waals surface area (Å²) in [5, 5.41) is 4.77. The summed E-state index contributed by atoms with van der Waals surface area (Å²) >= 11 is 0. The highest BCUT2D eigenvalue weighted by molar-refractivity contribution is 6.00. The fourth-order valence-corrected chi connectivity index (χ4v) is 6.48. The van der Waals surface area contributed by atoms with Crippen molar-refractivity contribution in [3.05, 3.63) is 47.7 Å². The van der Waals surface area contributed by atoms with Crippen LogP contribution in [-0.4, -0.2) is 71.3 Å². The van der Waals surface area contributed by atoms with Gasteiger partial charge < -0.3 is 24.8 Å². The van der Waals surface area contributed by atoms with Gasteiger partial charge in [-0.25, -0.2) is 8.78 Å². The van der Waals surface area contributed by atoms with Crippen LogP contribution in [0.5, 0.6) is 6.01 Å². The molecule has 0 amide bonds. The van der Waals surface area contributed by atoms with Gasteiger partial charge >= 0.3 is 6.01 Å². The van der Waals surface area contributed by atoms with E-state index < -0.39 is 11.6 Å². The molecule has 7 rings (SSSR count). The van der Waals surface area contributed by atoms with Crippen molar-refractivity contribution in [3.63, 3.8) is 0 Å². The van der Waals surface area contributed by atoms with Crippen molar-refractivity contribution in [2.75, 3.05) is 38.2 Å². The molecule has 3 fully saturated rings. The van der Waals surface area contributed by atoms with Crippen molar-refractivity contribution in [2.45, 2.75) is 50.7 Å². The smallest absolute Gasteiger partial charge is 0.319 e. The van der Waals surface area contributed by atoms with Gasteiger partial charge in [0.2, 0.25) is 0 Å². The monoisotopic (exact) mass is 518 g/mol. The number of anilines is 1. The maximum Gasteiger partial charge on any atom is 0.319 e. The van der Waals surface area contributed by atoms with E-state index in [0.29, 0.717) is 35.5 Å². The summed E-state index contributed by atoms with van der Waals surface area (Å²) in [7, 11) is 2.09. The second-order valence-corrected chi connectivity index (χ2v) is 11.2. The highest BCUT2D eigenvalue weighted by Gasteiger charge is 2.34. The number of hydrogen-bond donors (Lipinski definition) is 2. The minimum absolute atomic E-state index is 0.0825. The minimum atomic E-state index is -0.688. The van der Waals surface area contributed by atoms with Crippen LogP contribution in [0.25, 0.3) is 32.9 Å². The number of piperazine rings is 1. The van der Waals surface area contributed by atoms with Crippen molar-refractivity contribution in [1.82, 2.24) is 25.2 Å². The average Bonchev–Trinajstić information content (AvgIpc) is 3.60. The highest BCUT2D eigenvalue weighted by atomic mass is 19.1. The van der Waals surface area contributed by atoms with Crippen molar-refractivity contribution in [1.29, 1.82) is 0 Å². The molecular formula is C29H32F2N6O. The number of aryl methyl sites for hydroxylation is 1. The number of benzene rings is 2. The lowest BCUT2D eigenvalue weighted by Crippen LogP contribution is -2.51. The zero-order valence-corrected chi connectivity index (χ0v) is 21.7. The maximum atomic E-state index is 16.4. The third kappa shape index (κ3) is 3.99. The molecule has 5 heterocycles. The molecule has 2 bridgehead atoms. The van der Waals surface area contributed by atoms with E-state index in [9.17, 15) is 0 Å². The zero-order chi connectivity index (χ0) is 26.0. The number of halogens is 2. The van der Waals surface area contributed by atoms with Crippen LogP contribution in [-0.2, 0) is 0 Å². The van der Waals surface area contributed by atoms with Gasteiger partial charge in [0, 0.05) is 59.3 Å². The number of fused-ring (bicyclic) bond motifs is 4. The van der Waals surface area contributed by atoms with Gasteiger partial charge in [0.05, 0.1) is 5.56 Å². The van der Waals surface area contributed by atoms with Crippen LogP contribution < -0.4 is 15.0 Å². The molecule has 3 atom stereocenters. The molecular weight excluding hydrogens is 486 g/mol. The quantitative estimate of drug-likeness (QED) is 0.397. The Morgan fingerprint density at radius 1 is 1.05 bits per heavy atom. The summed E-state index contributed by atoms with van der Waals surface area (Å²) in [6.45, 7) is 4.91. The zero-order valence-electron chi connectivity index (χ0n) is 21.7. The lowest BCUT2D eigenvalue weighted by Gasteiger charge is -2.34. The number of nitrogens with one attached hydrogen (secondary N) is 2. The van der Waals surface area contributed by atoms with Gasteiger partial charge in [-0.2, -0.15) is 9.97 Å². The molecule has 3 aliphatic rings. The number of aromatic amines is 1. The Labute approximate surface area is 220 Å². The fraction of sp³-hybridized carbons (Fsp3) is 0.448. The Morgan fingerprint density at radius 2 is 1.87 bits per heavy atom. The Morgan fingerprint density at radius 3 is 2.63 bits per heavy atom. The molecule has 2 aromatic carbocycles. The SMILES string of the molecule is Cc1ccc2[nH]cc(-c3c(F)cc4c(N5C[C@H]6CC[C@@H](C5)N6)nc(OC[C@@H]5CCCN5C)nc4c3F)c2c1. The first-order valence-corrected chi connectivity index (χ1v) is 13.6. The number of ether oxygens (including phenoxy) is 1. The van der Waals surface area contributed by atoms with Gasteiger partial charge in [0.15, 0.2) is 5.82 Å². The highest BCUT2D eigenvalue weighted by Crippen LogP contribution is 2.39. The molecule has 7 nitrogen and oxygen atoms in total. The predicted octanol–water partition coefficient (Wildman–Crippen LogP) is 4.78. The number of hydrogen-bond acceptors (Lipinski definition) is 6. The first-order valence-electron chi connectivity index (χ1n) is 13.6. The standard InChI is InChI=1S/C29H32F2N6O/c1-16-5-8-24-20(10-16)22(12-32-24)25-23(30)11-21-27(26(25)31)34-29(38-15-19-4-3-9-36(19)2)35-28(21)37-13-17-6-7-18(14-37)33-17/h5,8,10-12,17-19,32-33H,3-4,6-7,9,13-15H2,1-2H3/t17-,18+,19-/m0/s1. The molecule has 0 saturated carbocycles. The Bertz CT molecular complexity index is 1530. The van der Waals surface area contributed by atoms with Crippen LogP contribution in [0.4, 0.5) is 14.6 Å². The summed E-state index contributed by atoms with van der Waals surface area (Å²) in [4.78, 5) is 16.8. The molecule has 4 aromatic rings. The van der Waals surface area contributed by atoms with Crippen LogP contribution >= 0.6 is 0 Å². The van der Waals surface area contributed by atoms with Gasteiger partial charge in [-0.1, -0.05) is 11.6 Å². The van der Waals surface area contributed by atoms with Crippen LogP contribution in [0.1, 0.15) is 31.2 Å². The van der Waals surface area contributed by atoms with E-state index in [1.807, 2.05) is 25.1 Å². The van der Waals surface area contributed by atoms with Crippen molar-refractivity contribution in [2.24, 2.45) is 0 Å². The molecule has 0 aliphatic carbocycles. The van der Waals surface area contributed by atoms with Gasteiger partial charge in [-0.15, -0.1) is 0 Å². The molecule has 0 unspecified atom stereocenters. The third-order valence-corrected chi connectivity index (χ3v) is 8.54. The molecule has 198 valence electrons. The van der Waals surface area contributed by atoms with E-state index in [4.69, 9.17) is 9.72 Å². The molecule has 3 aliphatic heterocycles. The second-order valence-electron chi connectivity index (χ2n) is 11.2. The lowest BCUT2D eigenvalue weighted by atomic mass is 10.00. The third-order valence-electron chi connectivity index (χ3n) is 8.54. The van der Waals surface area contributed by atoms with Crippen LogP contribution in [0.2, 0.25) is 0 Å². The van der Waals surface area contributed by atoms with Crippen molar-refractivity contribution >= 4 is 27.6 Å². The first-order chi connectivity index (χ1) is 18.4. The number of aromatic nitrogens is 3. The minimum Gasteiger partial charge on any atom is -0.462 e. The van der Waals surface area contributed by atoms with E-state index >= 15 is 8.78 Å². The van der Waals surface area contributed by atoms with Gasteiger partial charge in [0.1, 0.15) is 23.8 Å². The topological polar surface area (TPSA) is 69.3 Å². The molecule has 9 heteroatoms. The number of likely N-dealkylation sites (N-methyl/N-ethyl adjacent to an activating group) is 1. The van der Waals surface area contributed by atoms with E-state index in [0.717, 1.165) is 61.8 Å². The summed E-state index contributed by atoms with van der Waals surface area (Å²) < 4.78 is 38.3. The summed E-state index contributed by atoms with van der Waals surface area (Å²) in [5.74, 6) is -0.768. The van der Waals surface area contributed by atoms with Gasteiger partial charge in [-0.3, -0.25) is 0 Å². The van der Waals surface area contributed by atoms with Crippen molar-refractivity contribution < 1.29 is 13.5 Å². The number of likely N-dealkylation sites (tertiary alicyclic amines) is 1. The van der Waals surface area contributed by atoms with Crippen LogP contribution in [0, 0.1) is 18.6 Å². The van der Waals surface area contributed by atoms with Crippen LogP contribution in [0.15, 0.2) is 30.5 Å². The largest absolute Gasteiger partial charge is 0.462 e. The molecule has 3 saturated heterocycles. The van der Waals surface area contributed by atoms with E-state index in [-0.39, 0.29) is 23.1 Å². The van der Waals surface area contributed by atoms with E-state index in [1.54, 1.807) is 6.20 Å². The molecule has 38 heavy (non-hydrogen) atoms. The summed E-state index contributed by atoms with van der Waals surface area (Å²) in [6, 6.07) is 8.35. The molecule has 2 aromatic heterocycles. The normalized spacial score (nSPS) is 23.7. The Kier molecular flexibility index (Phi) is 5.74. The van der Waals surface area contributed by atoms with E-state index in [2.05, 4.69) is 32.1 Å². The lowest BCUT2D eigenvalue weighted by molar-refractivity contribution is 0.188. The second kappa shape index (κ2) is 9.17. The average molecular weight is 519 g/mol. The Hall–Kier alpha value is -3.30. The predicted molar refractivity (Wildman–Crippen MR) is 145 cm³/mol. The number of nitrogens with zero attached hydrogens (tertiary/aromatic N) is 4. The fourth-order valence-electron chi connectivity index (χ4n) is 6.48. The number of rotatable bonds is 5. The van der Waals surface area contributed by atoms with Crippen molar-refractivity contribution in [3.8, 4) is 17.1 Å². The first kappa shape index (κ1) is 23.8. The van der Waals surface area contributed by atoms with Gasteiger partial charge in [0.25, 0.3) is 0 Å². The molecule has 2 N–H and O–H groups in total. The van der Waals surface area contributed by atoms with Crippen LogP contribution in [0.3, 0.4) is 0 Å². The summed E-state index contributed by atoms with van der Waals surface area (Å²) in [6.07, 6.45) is 6.02. The summed E-state index contributed by atoms with van der Waals surface area (Å²) in [5.41, 5.74) is 2.34. The van der Waals surface area contributed by atoms with E-state index in [1.165, 1.54) is 6.07 Å². The maximum absolute atomic E-state index is 16.4. The molecule has 0 radical (unpaired) electrons. The van der Waals surface area contributed by atoms with Gasteiger partial charge in [-0.05, 0) is 64.4 Å². The molecule has 0 spiro atoms. The number of H-pyrrole nitrogens is 1. The Balaban J connectivity index is 1.37.